The highest BCUT2D eigenvalue weighted by Crippen LogP contribution is 2.33. The zero-order valence-electron chi connectivity index (χ0n) is 14.0. The second-order valence-electron chi connectivity index (χ2n) is 5.80. The maximum Gasteiger partial charge on any atom is 0.264 e. The maximum atomic E-state index is 12.1. The minimum atomic E-state index is -0.681. The van der Waals surface area contributed by atoms with E-state index in [1.807, 2.05) is 25.1 Å². The van der Waals surface area contributed by atoms with Gasteiger partial charge in [0.1, 0.15) is 0 Å². The Hall–Kier alpha value is -2.77. The monoisotopic (exact) mass is 347 g/mol. The molecule has 1 atom stereocenters. The van der Waals surface area contributed by atoms with Gasteiger partial charge in [-0.25, -0.2) is 0 Å². The lowest BCUT2D eigenvalue weighted by Gasteiger charge is -2.09. The summed E-state index contributed by atoms with van der Waals surface area (Å²) >= 11 is 0. The quantitative estimate of drug-likeness (QED) is 0.765. The Bertz CT molecular complexity index is 689. The topological polar surface area (TPSA) is 98.3 Å². The molecule has 1 unspecified atom stereocenters. The van der Waals surface area contributed by atoms with Crippen LogP contribution in [-0.2, 0) is 14.4 Å². The van der Waals surface area contributed by atoms with E-state index < -0.39 is 6.10 Å². The lowest BCUT2D eigenvalue weighted by Crippen LogP contribution is -2.37. The van der Waals surface area contributed by atoms with Crippen LogP contribution in [0, 0.1) is 0 Å². The van der Waals surface area contributed by atoms with Gasteiger partial charge in [-0.3, -0.25) is 9.59 Å². The third-order valence-corrected chi connectivity index (χ3v) is 3.89. The molecule has 134 valence electrons. The minimum Gasteiger partial charge on any atom is -0.454 e. The number of amides is 2. The predicted octanol–water partition coefficient (Wildman–Crippen LogP) is 0.941. The van der Waals surface area contributed by atoms with Crippen molar-refractivity contribution in [2.24, 2.45) is 5.16 Å². The third kappa shape index (κ3) is 4.20. The summed E-state index contributed by atoms with van der Waals surface area (Å²) in [4.78, 5) is 28.8. The van der Waals surface area contributed by atoms with Gasteiger partial charge in [-0.15, -0.1) is 0 Å². The first-order valence-electron chi connectivity index (χ1n) is 8.34. The molecule has 2 aliphatic rings. The summed E-state index contributed by atoms with van der Waals surface area (Å²) in [7, 11) is 0. The van der Waals surface area contributed by atoms with Crippen LogP contribution in [0.25, 0.3) is 0 Å². The lowest BCUT2D eigenvalue weighted by molar-refractivity contribution is -0.131. The molecule has 0 bridgehead atoms. The van der Waals surface area contributed by atoms with E-state index in [-0.39, 0.29) is 31.6 Å². The zero-order valence-corrected chi connectivity index (χ0v) is 14.0. The van der Waals surface area contributed by atoms with Gasteiger partial charge in [-0.05, 0) is 24.6 Å². The van der Waals surface area contributed by atoms with E-state index in [1.54, 1.807) is 0 Å². The zero-order chi connectivity index (χ0) is 17.6. The molecule has 0 radical (unpaired) electrons. The van der Waals surface area contributed by atoms with Gasteiger partial charge >= 0.3 is 0 Å². The van der Waals surface area contributed by atoms with E-state index in [4.69, 9.17) is 14.3 Å². The summed E-state index contributed by atoms with van der Waals surface area (Å²) in [5.41, 5.74) is 1.51. The number of rotatable bonds is 7. The van der Waals surface area contributed by atoms with E-state index in [0.29, 0.717) is 30.2 Å². The number of fused-ring (bicyclic) bond motifs is 1. The Morgan fingerprint density at radius 3 is 2.88 bits per heavy atom. The van der Waals surface area contributed by atoms with E-state index in [0.717, 1.165) is 12.0 Å². The molecule has 2 N–H and O–H groups in total. The molecule has 0 aromatic heterocycles. The first-order valence-corrected chi connectivity index (χ1v) is 8.34. The normalized spacial score (nSPS) is 17.6. The molecule has 2 heterocycles. The fourth-order valence-electron chi connectivity index (χ4n) is 2.53. The average Bonchev–Trinajstić information content (AvgIpc) is 3.28. The maximum absolute atomic E-state index is 12.1. The number of nitrogens with one attached hydrogen (secondary N) is 2. The molecular weight excluding hydrogens is 326 g/mol. The third-order valence-electron chi connectivity index (χ3n) is 3.89. The summed E-state index contributed by atoms with van der Waals surface area (Å²) in [5.74, 6) is 1.000. The summed E-state index contributed by atoms with van der Waals surface area (Å²) in [6.45, 7) is 3.11. The van der Waals surface area contributed by atoms with Crippen LogP contribution in [0.1, 0.15) is 31.7 Å². The van der Waals surface area contributed by atoms with Crippen molar-refractivity contribution in [3.63, 3.8) is 0 Å². The predicted molar refractivity (Wildman–Crippen MR) is 89.5 cm³/mol. The highest BCUT2D eigenvalue weighted by molar-refractivity contribution is 6.04. The van der Waals surface area contributed by atoms with Gasteiger partial charge in [-0.1, -0.05) is 12.1 Å². The summed E-state index contributed by atoms with van der Waals surface area (Å²) in [6.07, 6.45) is 0.814. The number of carbonyl (C=O) groups excluding carboxylic acids is 2. The second-order valence-corrected chi connectivity index (χ2v) is 5.80. The van der Waals surface area contributed by atoms with E-state index in [2.05, 4.69) is 15.8 Å². The smallest absolute Gasteiger partial charge is 0.264 e. The molecule has 25 heavy (non-hydrogen) atoms. The van der Waals surface area contributed by atoms with Gasteiger partial charge < -0.3 is 24.9 Å². The van der Waals surface area contributed by atoms with Crippen LogP contribution in [0.3, 0.4) is 0 Å². The fraction of sp³-hybridized carbons (Fsp3) is 0.471. The van der Waals surface area contributed by atoms with Gasteiger partial charge in [0.2, 0.25) is 18.8 Å². The minimum absolute atomic E-state index is 0.0770. The number of benzene rings is 1. The molecule has 1 aromatic rings. The van der Waals surface area contributed by atoms with E-state index in [1.165, 1.54) is 0 Å². The molecule has 8 heteroatoms. The highest BCUT2D eigenvalue weighted by Gasteiger charge is 2.29. The van der Waals surface area contributed by atoms with Gasteiger partial charge in [0, 0.05) is 31.5 Å². The van der Waals surface area contributed by atoms with Crippen molar-refractivity contribution >= 4 is 17.5 Å². The number of ether oxygens (including phenoxy) is 2. The summed E-state index contributed by atoms with van der Waals surface area (Å²) in [5, 5.41) is 9.46. The number of hydrogen-bond acceptors (Lipinski definition) is 6. The number of hydrogen-bond donors (Lipinski definition) is 2. The summed E-state index contributed by atoms with van der Waals surface area (Å²) in [6, 6.07) is 5.49. The van der Waals surface area contributed by atoms with Crippen LogP contribution in [0.4, 0.5) is 0 Å². The van der Waals surface area contributed by atoms with Crippen LogP contribution >= 0.6 is 0 Å². The molecule has 0 fully saturated rings. The molecule has 0 saturated heterocycles. The first kappa shape index (κ1) is 17.1. The number of nitrogens with zero attached hydrogens (tertiary/aromatic N) is 1. The molecule has 0 aliphatic carbocycles. The van der Waals surface area contributed by atoms with Crippen LogP contribution in [0.2, 0.25) is 0 Å². The van der Waals surface area contributed by atoms with E-state index >= 15 is 0 Å². The first-order chi connectivity index (χ1) is 12.2. The molecule has 3 rings (SSSR count). The Morgan fingerprint density at radius 1 is 1.20 bits per heavy atom. The number of oxime groups is 1. The SMILES string of the molecule is CCCNC(=O)CCNC(=O)C1CC(c2ccc3c(c2)OCO3)=NO1. The van der Waals surface area contributed by atoms with Crippen LogP contribution in [0.5, 0.6) is 11.5 Å². The molecule has 8 nitrogen and oxygen atoms in total. The molecule has 0 saturated carbocycles. The molecule has 1 aromatic carbocycles. The second kappa shape index (κ2) is 7.87. The van der Waals surface area contributed by atoms with Crippen molar-refractivity contribution < 1.29 is 23.9 Å². The highest BCUT2D eigenvalue weighted by atomic mass is 16.7. The molecule has 2 aliphatic heterocycles. The van der Waals surface area contributed by atoms with Crippen LogP contribution in [0.15, 0.2) is 23.4 Å². The van der Waals surface area contributed by atoms with E-state index in [9.17, 15) is 9.59 Å². The molecule has 2 amide bonds. The van der Waals surface area contributed by atoms with Crippen LogP contribution in [-0.4, -0.2) is 43.5 Å². The summed E-state index contributed by atoms with van der Waals surface area (Å²) < 4.78 is 10.6. The Kier molecular flexibility index (Phi) is 5.37. The lowest BCUT2D eigenvalue weighted by atomic mass is 10.0. The Morgan fingerprint density at radius 2 is 2.04 bits per heavy atom. The van der Waals surface area contributed by atoms with Crippen molar-refractivity contribution in [3.05, 3.63) is 23.8 Å². The molecule has 0 spiro atoms. The van der Waals surface area contributed by atoms with Crippen molar-refractivity contribution in [3.8, 4) is 11.5 Å². The van der Waals surface area contributed by atoms with Gasteiger partial charge in [-0.2, -0.15) is 0 Å². The fourth-order valence-corrected chi connectivity index (χ4v) is 2.53. The van der Waals surface area contributed by atoms with Gasteiger partial charge in [0.05, 0.1) is 5.71 Å². The van der Waals surface area contributed by atoms with Crippen molar-refractivity contribution in [2.75, 3.05) is 19.9 Å². The largest absolute Gasteiger partial charge is 0.454 e. The van der Waals surface area contributed by atoms with Crippen LogP contribution < -0.4 is 20.1 Å². The van der Waals surface area contributed by atoms with Crippen molar-refractivity contribution in [1.82, 2.24) is 10.6 Å². The Labute approximate surface area is 145 Å². The molecular formula is C17H21N3O5. The standard InChI is InChI=1S/C17H21N3O5/c1-2-6-18-16(21)5-7-19-17(22)15-9-12(20-25-15)11-3-4-13-14(8-11)24-10-23-13/h3-4,8,15H,2,5-7,9-10H2,1H3,(H,18,21)(H,19,22). The Balaban J connectivity index is 1.45. The van der Waals surface area contributed by atoms with Gasteiger partial charge in [0.25, 0.3) is 5.91 Å². The van der Waals surface area contributed by atoms with Gasteiger partial charge in [0.15, 0.2) is 11.5 Å². The van der Waals surface area contributed by atoms with Crippen molar-refractivity contribution in [2.45, 2.75) is 32.3 Å². The number of carbonyl (C=O) groups is 2. The van der Waals surface area contributed by atoms with Crippen molar-refractivity contribution in [1.29, 1.82) is 0 Å². The average molecular weight is 347 g/mol.